The van der Waals surface area contributed by atoms with Crippen LogP contribution in [0.3, 0.4) is 0 Å². The molecular weight excluding hydrogens is 188 g/mol. The highest BCUT2D eigenvalue weighted by atomic mass is 16.3. The van der Waals surface area contributed by atoms with Crippen LogP contribution in [0.1, 0.15) is 5.56 Å². The molecule has 0 aliphatic rings. The van der Waals surface area contributed by atoms with Gasteiger partial charge < -0.3 is 10.2 Å². The molecule has 0 aliphatic carbocycles. The van der Waals surface area contributed by atoms with Crippen LogP contribution in [0.15, 0.2) is 42.5 Å². The summed E-state index contributed by atoms with van der Waals surface area (Å²) in [6.07, 6.45) is 0. The Bertz CT molecular complexity index is 490. The van der Waals surface area contributed by atoms with Crippen LogP contribution in [0, 0.1) is 6.92 Å². The summed E-state index contributed by atoms with van der Waals surface area (Å²) < 4.78 is 0. The van der Waals surface area contributed by atoms with Gasteiger partial charge in [0.15, 0.2) is 0 Å². The van der Waals surface area contributed by atoms with Crippen LogP contribution in [0.4, 0.5) is 0 Å². The van der Waals surface area contributed by atoms with Crippen molar-refractivity contribution in [1.29, 1.82) is 0 Å². The van der Waals surface area contributed by atoms with Gasteiger partial charge in [0.05, 0.1) is 0 Å². The molecule has 0 saturated heterocycles. The lowest BCUT2D eigenvalue weighted by Gasteiger charge is -2.06. The molecule has 0 unspecified atom stereocenters. The second-order valence-corrected chi connectivity index (χ2v) is 3.57. The molecule has 2 nitrogen and oxygen atoms in total. The Labute approximate surface area is 88.4 Å². The minimum Gasteiger partial charge on any atom is -0.508 e. The van der Waals surface area contributed by atoms with Crippen LogP contribution >= 0.6 is 0 Å². The van der Waals surface area contributed by atoms with Gasteiger partial charge in [-0.25, -0.2) is 0 Å². The van der Waals surface area contributed by atoms with Crippen molar-refractivity contribution in [3.63, 3.8) is 0 Å². The number of hydrogen-bond donors (Lipinski definition) is 2. The molecule has 0 radical (unpaired) electrons. The maximum Gasteiger partial charge on any atom is 0.123 e. The van der Waals surface area contributed by atoms with E-state index in [1.54, 1.807) is 24.3 Å². The molecule has 0 bridgehead atoms. The summed E-state index contributed by atoms with van der Waals surface area (Å²) in [7, 11) is 0. The number of rotatable bonds is 1. The normalized spacial score (nSPS) is 10.2. The standard InChI is InChI=1S/C13H12O2/c1-9-5-6-13(15)12(7-9)10-3-2-4-11(14)8-10/h2-8,14-15H,1H3. The van der Waals surface area contributed by atoms with Crippen LogP contribution in [0.5, 0.6) is 11.5 Å². The zero-order chi connectivity index (χ0) is 10.8. The van der Waals surface area contributed by atoms with Crippen molar-refractivity contribution >= 4 is 0 Å². The molecule has 0 aliphatic heterocycles. The van der Waals surface area contributed by atoms with Crippen LogP contribution < -0.4 is 0 Å². The minimum absolute atomic E-state index is 0.202. The smallest absolute Gasteiger partial charge is 0.123 e. The van der Waals surface area contributed by atoms with Gasteiger partial charge in [-0.15, -0.1) is 0 Å². The fraction of sp³-hybridized carbons (Fsp3) is 0.0769. The first-order valence-electron chi connectivity index (χ1n) is 4.76. The predicted octanol–water partition coefficient (Wildman–Crippen LogP) is 3.07. The Morgan fingerprint density at radius 1 is 0.933 bits per heavy atom. The molecule has 76 valence electrons. The molecule has 2 aromatic carbocycles. The lowest BCUT2D eigenvalue weighted by molar-refractivity contribution is 0.474. The summed E-state index contributed by atoms with van der Waals surface area (Å²) in [5.41, 5.74) is 2.63. The third kappa shape index (κ3) is 1.94. The quantitative estimate of drug-likeness (QED) is 0.742. The van der Waals surface area contributed by atoms with Crippen molar-refractivity contribution in [2.24, 2.45) is 0 Å². The summed E-state index contributed by atoms with van der Waals surface area (Å²) in [4.78, 5) is 0. The molecule has 2 rings (SSSR count). The van der Waals surface area contributed by atoms with E-state index in [0.717, 1.165) is 16.7 Å². The van der Waals surface area contributed by atoms with Gasteiger partial charge in [0, 0.05) is 5.56 Å². The Morgan fingerprint density at radius 3 is 2.47 bits per heavy atom. The first kappa shape index (κ1) is 9.59. The Balaban J connectivity index is 2.58. The zero-order valence-electron chi connectivity index (χ0n) is 8.44. The average Bonchev–Trinajstić information content (AvgIpc) is 2.22. The highest BCUT2D eigenvalue weighted by Crippen LogP contribution is 2.31. The summed E-state index contributed by atoms with van der Waals surface area (Å²) in [5, 5.41) is 19.1. The van der Waals surface area contributed by atoms with Gasteiger partial charge in [-0.05, 0) is 36.8 Å². The van der Waals surface area contributed by atoms with Crippen molar-refractivity contribution in [2.75, 3.05) is 0 Å². The van der Waals surface area contributed by atoms with E-state index in [9.17, 15) is 10.2 Å². The van der Waals surface area contributed by atoms with Crippen molar-refractivity contribution < 1.29 is 10.2 Å². The number of benzene rings is 2. The summed E-state index contributed by atoms with van der Waals surface area (Å²) >= 11 is 0. The Kier molecular flexibility index (Phi) is 2.34. The zero-order valence-corrected chi connectivity index (χ0v) is 8.44. The molecule has 0 spiro atoms. The number of phenolic OH excluding ortho intramolecular Hbond substituents is 2. The summed E-state index contributed by atoms with van der Waals surface area (Å²) in [6.45, 7) is 1.96. The highest BCUT2D eigenvalue weighted by molar-refractivity contribution is 5.71. The molecule has 2 aromatic rings. The van der Waals surface area contributed by atoms with E-state index in [1.165, 1.54) is 0 Å². The molecule has 0 atom stereocenters. The van der Waals surface area contributed by atoms with Crippen molar-refractivity contribution in [2.45, 2.75) is 6.92 Å². The van der Waals surface area contributed by atoms with Crippen LogP contribution in [0.25, 0.3) is 11.1 Å². The second-order valence-electron chi connectivity index (χ2n) is 3.57. The van der Waals surface area contributed by atoms with Gasteiger partial charge >= 0.3 is 0 Å². The van der Waals surface area contributed by atoms with E-state index in [2.05, 4.69) is 0 Å². The average molecular weight is 200 g/mol. The first-order valence-corrected chi connectivity index (χ1v) is 4.76. The monoisotopic (exact) mass is 200 g/mol. The van der Waals surface area contributed by atoms with Gasteiger partial charge in [-0.2, -0.15) is 0 Å². The van der Waals surface area contributed by atoms with Crippen LogP contribution in [-0.4, -0.2) is 10.2 Å². The SMILES string of the molecule is Cc1ccc(O)c(-c2cccc(O)c2)c1. The van der Waals surface area contributed by atoms with Crippen LogP contribution in [0.2, 0.25) is 0 Å². The van der Waals surface area contributed by atoms with E-state index in [1.807, 2.05) is 25.1 Å². The first-order chi connectivity index (χ1) is 7.16. The van der Waals surface area contributed by atoms with Crippen molar-refractivity contribution in [3.05, 3.63) is 48.0 Å². The summed E-state index contributed by atoms with van der Waals surface area (Å²) in [6, 6.07) is 12.3. The lowest BCUT2D eigenvalue weighted by atomic mass is 10.0. The molecule has 0 saturated carbocycles. The molecule has 0 fully saturated rings. The van der Waals surface area contributed by atoms with E-state index in [0.29, 0.717) is 0 Å². The second kappa shape index (κ2) is 3.65. The number of aromatic hydroxyl groups is 2. The maximum absolute atomic E-state index is 9.70. The molecular formula is C13H12O2. The van der Waals surface area contributed by atoms with E-state index in [-0.39, 0.29) is 11.5 Å². The van der Waals surface area contributed by atoms with E-state index < -0.39 is 0 Å². The van der Waals surface area contributed by atoms with Gasteiger partial charge in [-0.3, -0.25) is 0 Å². The van der Waals surface area contributed by atoms with E-state index in [4.69, 9.17) is 0 Å². The third-order valence-electron chi connectivity index (χ3n) is 2.31. The predicted molar refractivity (Wildman–Crippen MR) is 59.9 cm³/mol. The fourth-order valence-corrected chi connectivity index (χ4v) is 1.55. The summed E-state index contributed by atoms with van der Waals surface area (Å²) in [5.74, 6) is 0.430. The fourth-order valence-electron chi connectivity index (χ4n) is 1.55. The van der Waals surface area contributed by atoms with Gasteiger partial charge in [0.2, 0.25) is 0 Å². The third-order valence-corrected chi connectivity index (χ3v) is 2.31. The molecule has 0 aromatic heterocycles. The van der Waals surface area contributed by atoms with Crippen LogP contribution in [-0.2, 0) is 0 Å². The number of phenols is 2. The molecule has 2 heteroatoms. The van der Waals surface area contributed by atoms with Crippen molar-refractivity contribution in [1.82, 2.24) is 0 Å². The van der Waals surface area contributed by atoms with Gasteiger partial charge in [0.25, 0.3) is 0 Å². The van der Waals surface area contributed by atoms with Crippen molar-refractivity contribution in [3.8, 4) is 22.6 Å². The largest absolute Gasteiger partial charge is 0.508 e. The maximum atomic E-state index is 9.70. The lowest BCUT2D eigenvalue weighted by Crippen LogP contribution is -1.80. The Morgan fingerprint density at radius 2 is 1.73 bits per heavy atom. The number of aryl methyl sites for hydroxylation is 1. The molecule has 2 N–H and O–H groups in total. The number of hydrogen-bond acceptors (Lipinski definition) is 2. The highest BCUT2D eigenvalue weighted by Gasteiger charge is 2.04. The van der Waals surface area contributed by atoms with E-state index >= 15 is 0 Å². The minimum atomic E-state index is 0.202. The Hall–Kier alpha value is -1.96. The molecule has 15 heavy (non-hydrogen) atoms. The topological polar surface area (TPSA) is 40.5 Å². The molecule has 0 amide bonds. The van der Waals surface area contributed by atoms with Gasteiger partial charge in [-0.1, -0.05) is 23.8 Å². The van der Waals surface area contributed by atoms with Gasteiger partial charge in [0.1, 0.15) is 11.5 Å². The molecule has 0 heterocycles.